The highest BCUT2D eigenvalue weighted by Crippen LogP contribution is 2.41. The highest BCUT2D eigenvalue weighted by molar-refractivity contribution is 7.92. The van der Waals surface area contributed by atoms with Crippen LogP contribution in [0.1, 0.15) is 25.3 Å². The molecular formula is C26H25F2NO5S. The number of ketones is 1. The molecule has 0 fully saturated rings. The van der Waals surface area contributed by atoms with Crippen molar-refractivity contribution < 1.29 is 31.8 Å². The summed E-state index contributed by atoms with van der Waals surface area (Å²) in [5, 5.41) is 9.49. The number of Topliss-reactive ketones (excluding diaryl/α,β-unsaturated/α-hetero) is 1. The Kier molecular flexibility index (Phi) is 6.91. The fourth-order valence-electron chi connectivity index (χ4n) is 3.99. The number of aliphatic hydroxyl groups excluding tert-OH is 1. The van der Waals surface area contributed by atoms with Crippen LogP contribution in [-0.4, -0.2) is 38.1 Å². The van der Waals surface area contributed by atoms with Crippen molar-refractivity contribution in [1.82, 2.24) is 0 Å². The lowest BCUT2D eigenvalue weighted by Gasteiger charge is -2.36. The predicted molar refractivity (Wildman–Crippen MR) is 128 cm³/mol. The average Bonchev–Trinajstić information content (AvgIpc) is 2.83. The Balaban J connectivity index is 1.78. The van der Waals surface area contributed by atoms with Crippen molar-refractivity contribution in [2.75, 3.05) is 10.8 Å². The Hall–Kier alpha value is -3.30. The zero-order chi connectivity index (χ0) is 25.3. The van der Waals surface area contributed by atoms with Crippen molar-refractivity contribution in [3.05, 3.63) is 77.9 Å². The van der Waals surface area contributed by atoms with Gasteiger partial charge in [0.1, 0.15) is 29.6 Å². The summed E-state index contributed by atoms with van der Waals surface area (Å²) in [4.78, 5) is 12.0. The van der Waals surface area contributed by atoms with Crippen molar-refractivity contribution in [2.24, 2.45) is 0 Å². The van der Waals surface area contributed by atoms with Gasteiger partial charge in [-0.2, -0.15) is 0 Å². The fraction of sp³-hybridized carbons (Fsp3) is 0.269. The van der Waals surface area contributed by atoms with E-state index in [0.717, 1.165) is 23.8 Å². The van der Waals surface area contributed by atoms with Gasteiger partial charge in [0.2, 0.25) is 0 Å². The van der Waals surface area contributed by atoms with Crippen LogP contribution >= 0.6 is 0 Å². The summed E-state index contributed by atoms with van der Waals surface area (Å²) in [5.74, 6) is -1.40. The molecule has 1 N–H and O–H groups in total. The quantitative estimate of drug-likeness (QED) is 0.511. The maximum absolute atomic E-state index is 14.4. The normalized spacial score (nSPS) is 16.4. The molecule has 3 aromatic rings. The van der Waals surface area contributed by atoms with E-state index in [1.54, 1.807) is 25.1 Å². The molecule has 184 valence electrons. The van der Waals surface area contributed by atoms with E-state index in [1.807, 2.05) is 0 Å². The van der Waals surface area contributed by atoms with Crippen LogP contribution in [0, 0.1) is 18.6 Å². The Morgan fingerprint density at radius 2 is 1.91 bits per heavy atom. The standard InChI is InChI=1S/C26H25F2NO5S/c1-16-4-3-5-21(12-16)35(32,33)29-15-20(8-10-25(31)17(2)30)34-26-11-6-18(13-24(26)29)22-14-19(27)7-9-23(22)28/h3-7,9,11-14,17,20,30H,8,10,15H2,1-2H3/t17-,20+/m1/s1. The van der Waals surface area contributed by atoms with E-state index in [-0.39, 0.29) is 52.6 Å². The average molecular weight is 502 g/mol. The lowest BCUT2D eigenvalue weighted by Crippen LogP contribution is -2.44. The minimum absolute atomic E-state index is 0.00893. The molecule has 1 heterocycles. The monoisotopic (exact) mass is 501 g/mol. The molecule has 4 rings (SSSR count). The number of hydrogen-bond acceptors (Lipinski definition) is 5. The van der Waals surface area contributed by atoms with E-state index in [1.165, 1.54) is 35.5 Å². The lowest BCUT2D eigenvalue weighted by molar-refractivity contribution is -0.126. The highest BCUT2D eigenvalue weighted by atomic mass is 32.2. The number of fused-ring (bicyclic) bond motifs is 1. The first-order valence-electron chi connectivity index (χ1n) is 11.1. The SMILES string of the molecule is Cc1cccc(S(=O)(=O)N2C[C@H](CCC(=O)[C@@H](C)O)Oc3ccc(-c4cc(F)ccc4F)cc32)c1. The molecule has 0 aliphatic carbocycles. The van der Waals surface area contributed by atoms with Crippen LogP contribution in [0.15, 0.2) is 65.6 Å². The van der Waals surface area contributed by atoms with Gasteiger partial charge in [0.15, 0.2) is 5.78 Å². The van der Waals surface area contributed by atoms with Gasteiger partial charge in [-0.3, -0.25) is 9.10 Å². The number of carbonyl (C=O) groups is 1. The molecule has 1 aliphatic rings. The number of carbonyl (C=O) groups excluding carboxylic acids is 1. The van der Waals surface area contributed by atoms with Crippen LogP contribution in [0.25, 0.3) is 11.1 Å². The van der Waals surface area contributed by atoms with Gasteiger partial charge in [-0.05, 0) is 73.9 Å². The number of ether oxygens (including phenoxy) is 1. The largest absolute Gasteiger partial charge is 0.486 e. The minimum Gasteiger partial charge on any atom is -0.486 e. The molecule has 3 aromatic carbocycles. The topological polar surface area (TPSA) is 83.9 Å². The van der Waals surface area contributed by atoms with Gasteiger partial charge in [0.25, 0.3) is 10.0 Å². The molecule has 0 bridgehead atoms. The van der Waals surface area contributed by atoms with Gasteiger partial charge in [0.05, 0.1) is 17.1 Å². The Morgan fingerprint density at radius 1 is 1.14 bits per heavy atom. The molecule has 0 aromatic heterocycles. The molecule has 2 atom stereocenters. The van der Waals surface area contributed by atoms with Gasteiger partial charge in [-0.15, -0.1) is 0 Å². The number of halogens is 2. The van der Waals surface area contributed by atoms with E-state index in [0.29, 0.717) is 0 Å². The molecule has 0 saturated heterocycles. The number of nitrogens with zero attached hydrogens (tertiary/aromatic N) is 1. The predicted octanol–water partition coefficient (Wildman–Crippen LogP) is 4.63. The number of hydrogen-bond donors (Lipinski definition) is 1. The van der Waals surface area contributed by atoms with Crippen LogP contribution < -0.4 is 9.04 Å². The van der Waals surface area contributed by atoms with Crippen molar-refractivity contribution in [3.63, 3.8) is 0 Å². The number of anilines is 1. The summed E-state index contributed by atoms with van der Waals surface area (Å²) in [6.07, 6.45) is -1.56. The van der Waals surface area contributed by atoms with Gasteiger partial charge in [-0.25, -0.2) is 17.2 Å². The van der Waals surface area contributed by atoms with Crippen LogP contribution in [0.2, 0.25) is 0 Å². The molecule has 0 amide bonds. The van der Waals surface area contributed by atoms with E-state index >= 15 is 0 Å². The van der Waals surface area contributed by atoms with Crippen LogP contribution in [0.3, 0.4) is 0 Å². The summed E-state index contributed by atoms with van der Waals surface area (Å²) in [5.41, 5.74) is 1.22. The summed E-state index contributed by atoms with van der Waals surface area (Å²) in [6, 6.07) is 14.0. The maximum Gasteiger partial charge on any atom is 0.264 e. The number of rotatable bonds is 7. The third kappa shape index (κ3) is 5.21. The highest BCUT2D eigenvalue weighted by Gasteiger charge is 2.35. The van der Waals surface area contributed by atoms with E-state index in [4.69, 9.17) is 4.74 Å². The smallest absolute Gasteiger partial charge is 0.264 e. The molecule has 6 nitrogen and oxygen atoms in total. The number of sulfonamides is 1. The molecule has 9 heteroatoms. The third-order valence-corrected chi connectivity index (χ3v) is 7.66. The molecule has 0 unspecified atom stereocenters. The second kappa shape index (κ2) is 9.75. The van der Waals surface area contributed by atoms with Crippen molar-refractivity contribution in [1.29, 1.82) is 0 Å². The van der Waals surface area contributed by atoms with E-state index in [9.17, 15) is 27.1 Å². The second-order valence-electron chi connectivity index (χ2n) is 8.58. The van der Waals surface area contributed by atoms with Crippen molar-refractivity contribution in [3.8, 4) is 16.9 Å². The van der Waals surface area contributed by atoms with Crippen LogP contribution in [0.5, 0.6) is 5.75 Å². The summed E-state index contributed by atoms with van der Waals surface area (Å²) in [7, 11) is -4.05. The van der Waals surface area contributed by atoms with E-state index in [2.05, 4.69) is 0 Å². The first-order chi connectivity index (χ1) is 16.6. The van der Waals surface area contributed by atoms with Gasteiger partial charge in [-0.1, -0.05) is 18.2 Å². The first kappa shape index (κ1) is 24.8. The van der Waals surface area contributed by atoms with Crippen molar-refractivity contribution in [2.45, 2.75) is 43.8 Å². The zero-order valence-corrected chi connectivity index (χ0v) is 20.1. The van der Waals surface area contributed by atoms with Crippen LogP contribution in [0.4, 0.5) is 14.5 Å². The number of benzene rings is 3. The molecule has 0 spiro atoms. The number of aliphatic hydroxyl groups is 1. The Morgan fingerprint density at radius 3 is 2.63 bits per heavy atom. The summed E-state index contributed by atoms with van der Waals surface area (Å²) < 4.78 is 62.8. The van der Waals surface area contributed by atoms with Crippen LogP contribution in [-0.2, 0) is 14.8 Å². The number of aryl methyl sites for hydroxylation is 1. The van der Waals surface area contributed by atoms with Crippen molar-refractivity contribution >= 4 is 21.5 Å². The lowest BCUT2D eigenvalue weighted by atomic mass is 10.0. The second-order valence-corrected chi connectivity index (χ2v) is 10.4. The third-order valence-electron chi connectivity index (χ3n) is 5.89. The summed E-state index contributed by atoms with van der Waals surface area (Å²) >= 11 is 0. The molecule has 0 radical (unpaired) electrons. The van der Waals surface area contributed by atoms with Gasteiger partial charge >= 0.3 is 0 Å². The summed E-state index contributed by atoms with van der Waals surface area (Å²) in [6.45, 7) is 3.06. The molecule has 1 aliphatic heterocycles. The van der Waals surface area contributed by atoms with E-state index < -0.39 is 33.9 Å². The van der Waals surface area contributed by atoms with Gasteiger partial charge in [0, 0.05) is 12.0 Å². The maximum atomic E-state index is 14.4. The Bertz CT molecular complexity index is 1370. The zero-order valence-electron chi connectivity index (χ0n) is 19.2. The Labute approximate surface area is 202 Å². The minimum atomic E-state index is -4.05. The molecule has 0 saturated carbocycles. The first-order valence-corrected chi connectivity index (χ1v) is 12.6. The fourth-order valence-corrected chi connectivity index (χ4v) is 5.60. The molecule has 35 heavy (non-hydrogen) atoms. The van der Waals surface area contributed by atoms with Gasteiger partial charge < -0.3 is 9.84 Å². The molecular weight excluding hydrogens is 476 g/mol.